The zero-order valence-corrected chi connectivity index (χ0v) is 14.8. The van der Waals surface area contributed by atoms with Gasteiger partial charge in [0.2, 0.25) is 11.8 Å². The standard InChI is InChI=1S/C18H24N4O4/c1-10(2)16(18(26)21-9-15(23)24)22-17(25)13(19)7-11-8-20-14-6-4-3-5-12(11)14/h3-6,8,10,13,16,20H,7,9,19H2,1-2H3,(H,21,26)(H,22,25)(H,23,24). The molecule has 2 amide bonds. The molecule has 6 N–H and O–H groups in total. The Hall–Kier alpha value is -2.87. The molecule has 2 aromatic rings. The third kappa shape index (κ3) is 4.82. The smallest absolute Gasteiger partial charge is 0.322 e. The molecule has 2 atom stereocenters. The van der Waals surface area contributed by atoms with Gasteiger partial charge in [0.15, 0.2) is 0 Å². The molecule has 2 unspecified atom stereocenters. The number of rotatable bonds is 8. The number of nitrogens with two attached hydrogens (primary N) is 1. The first kappa shape index (κ1) is 19.5. The molecule has 0 radical (unpaired) electrons. The van der Waals surface area contributed by atoms with Crippen LogP contribution < -0.4 is 16.4 Å². The number of aromatic amines is 1. The van der Waals surface area contributed by atoms with Crippen molar-refractivity contribution in [2.24, 2.45) is 11.7 Å². The predicted molar refractivity (Wildman–Crippen MR) is 97.4 cm³/mol. The number of aliphatic carboxylic acids is 1. The van der Waals surface area contributed by atoms with E-state index in [1.807, 2.05) is 30.5 Å². The van der Waals surface area contributed by atoms with Crippen molar-refractivity contribution < 1.29 is 19.5 Å². The van der Waals surface area contributed by atoms with E-state index in [9.17, 15) is 14.4 Å². The summed E-state index contributed by atoms with van der Waals surface area (Å²) in [6, 6.07) is 6.03. The summed E-state index contributed by atoms with van der Waals surface area (Å²) in [5, 5.41) is 14.6. The van der Waals surface area contributed by atoms with Crippen molar-refractivity contribution >= 4 is 28.7 Å². The van der Waals surface area contributed by atoms with Gasteiger partial charge < -0.3 is 26.5 Å². The number of amides is 2. The fourth-order valence-electron chi connectivity index (χ4n) is 2.70. The summed E-state index contributed by atoms with van der Waals surface area (Å²) >= 11 is 0. The molecule has 0 spiro atoms. The summed E-state index contributed by atoms with van der Waals surface area (Å²) in [5.41, 5.74) is 7.90. The van der Waals surface area contributed by atoms with Crippen molar-refractivity contribution in [3.63, 3.8) is 0 Å². The number of carboxylic acid groups (broad SMARTS) is 1. The van der Waals surface area contributed by atoms with Crippen LogP contribution >= 0.6 is 0 Å². The summed E-state index contributed by atoms with van der Waals surface area (Å²) in [6.07, 6.45) is 2.13. The van der Waals surface area contributed by atoms with E-state index in [1.54, 1.807) is 13.8 Å². The molecule has 1 aromatic carbocycles. The van der Waals surface area contributed by atoms with Gasteiger partial charge in [-0.2, -0.15) is 0 Å². The number of para-hydroxylation sites is 1. The molecule has 0 saturated carbocycles. The Bertz CT molecular complexity index is 799. The fourth-order valence-corrected chi connectivity index (χ4v) is 2.70. The van der Waals surface area contributed by atoms with Gasteiger partial charge in [0.1, 0.15) is 12.6 Å². The highest BCUT2D eigenvalue weighted by Gasteiger charge is 2.27. The minimum absolute atomic E-state index is 0.215. The van der Waals surface area contributed by atoms with Crippen molar-refractivity contribution in [3.8, 4) is 0 Å². The van der Waals surface area contributed by atoms with E-state index in [0.29, 0.717) is 6.42 Å². The normalized spacial score (nSPS) is 13.4. The Morgan fingerprint density at radius 2 is 1.88 bits per heavy atom. The summed E-state index contributed by atoms with van der Waals surface area (Å²) in [7, 11) is 0. The third-order valence-corrected chi connectivity index (χ3v) is 4.11. The molecule has 140 valence electrons. The number of carbonyl (C=O) groups is 3. The lowest BCUT2D eigenvalue weighted by Gasteiger charge is -2.23. The van der Waals surface area contributed by atoms with Crippen molar-refractivity contribution in [1.29, 1.82) is 0 Å². The Labute approximate surface area is 151 Å². The molecular formula is C18H24N4O4. The van der Waals surface area contributed by atoms with Crippen LogP contribution in [-0.4, -0.2) is 46.5 Å². The van der Waals surface area contributed by atoms with Crippen LogP contribution in [0.1, 0.15) is 19.4 Å². The lowest BCUT2D eigenvalue weighted by atomic mass is 10.0. The third-order valence-electron chi connectivity index (χ3n) is 4.11. The SMILES string of the molecule is CC(C)C(NC(=O)C(N)Cc1c[nH]c2ccccc12)C(=O)NCC(=O)O. The van der Waals surface area contributed by atoms with E-state index in [2.05, 4.69) is 15.6 Å². The van der Waals surface area contributed by atoms with Crippen LogP contribution in [-0.2, 0) is 20.8 Å². The second-order valence-electron chi connectivity index (χ2n) is 6.51. The topological polar surface area (TPSA) is 137 Å². The number of hydrogen-bond donors (Lipinski definition) is 5. The van der Waals surface area contributed by atoms with Crippen molar-refractivity contribution in [2.75, 3.05) is 6.54 Å². The fraction of sp³-hybridized carbons (Fsp3) is 0.389. The average Bonchev–Trinajstić information content (AvgIpc) is 3.00. The molecule has 0 bridgehead atoms. The van der Waals surface area contributed by atoms with Crippen LogP contribution in [0.3, 0.4) is 0 Å². The Morgan fingerprint density at radius 1 is 1.19 bits per heavy atom. The van der Waals surface area contributed by atoms with Gasteiger partial charge >= 0.3 is 5.97 Å². The molecule has 0 aliphatic carbocycles. The number of hydrogen-bond acceptors (Lipinski definition) is 4. The Morgan fingerprint density at radius 3 is 2.54 bits per heavy atom. The molecule has 8 heteroatoms. The average molecular weight is 360 g/mol. The van der Waals surface area contributed by atoms with Crippen molar-refractivity contribution in [2.45, 2.75) is 32.4 Å². The Kier molecular flexibility index (Phi) is 6.35. The van der Waals surface area contributed by atoms with E-state index in [0.717, 1.165) is 16.5 Å². The zero-order chi connectivity index (χ0) is 19.3. The van der Waals surface area contributed by atoms with Gasteiger partial charge in [0.25, 0.3) is 0 Å². The summed E-state index contributed by atoms with van der Waals surface area (Å²) in [4.78, 5) is 38.2. The molecule has 8 nitrogen and oxygen atoms in total. The van der Waals surface area contributed by atoms with Gasteiger partial charge in [-0.25, -0.2) is 0 Å². The highest BCUT2D eigenvalue weighted by Crippen LogP contribution is 2.18. The molecule has 1 heterocycles. The van der Waals surface area contributed by atoms with Gasteiger partial charge in [-0.05, 0) is 24.0 Å². The number of carboxylic acids is 1. The monoisotopic (exact) mass is 360 g/mol. The van der Waals surface area contributed by atoms with Gasteiger partial charge in [-0.15, -0.1) is 0 Å². The van der Waals surface area contributed by atoms with Crippen molar-refractivity contribution in [1.82, 2.24) is 15.6 Å². The number of aromatic nitrogens is 1. The van der Waals surface area contributed by atoms with Crippen molar-refractivity contribution in [3.05, 3.63) is 36.0 Å². The van der Waals surface area contributed by atoms with E-state index in [1.165, 1.54) is 0 Å². The van der Waals surface area contributed by atoms with Gasteiger partial charge in [-0.1, -0.05) is 32.0 Å². The summed E-state index contributed by atoms with van der Waals surface area (Å²) in [5.74, 6) is -2.37. The van der Waals surface area contributed by atoms with Gasteiger partial charge in [-0.3, -0.25) is 14.4 Å². The Balaban J connectivity index is 2.01. The molecule has 0 aliphatic heterocycles. The minimum Gasteiger partial charge on any atom is -0.480 e. The first-order valence-electron chi connectivity index (χ1n) is 8.40. The van der Waals surface area contributed by atoms with Crippen LogP contribution in [0, 0.1) is 5.92 Å². The van der Waals surface area contributed by atoms with Crippen LogP contribution in [0.25, 0.3) is 10.9 Å². The lowest BCUT2D eigenvalue weighted by Crippen LogP contribution is -2.54. The lowest BCUT2D eigenvalue weighted by molar-refractivity contribution is -0.138. The molecule has 1 aromatic heterocycles. The molecular weight excluding hydrogens is 336 g/mol. The largest absolute Gasteiger partial charge is 0.480 e. The number of fused-ring (bicyclic) bond motifs is 1. The second kappa shape index (κ2) is 8.48. The molecule has 26 heavy (non-hydrogen) atoms. The first-order valence-corrected chi connectivity index (χ1v) is 8.40. The zero-order valence-electron chi connectivity index (χ0n) is 14.8. The van der Waals surface area contributed by atoms with Crippen LogP contribution in [0.2, 0.25) is 0 Å². The van der Waals surface area contributed by atoms with E-state index in [-0.39, 0.29) is 5.92 Å². The second-order valence-corrected chi connectivity index (χ2v) is 6.51. The first-order chi connectivity index (χ1) is 12.3. The van der Waals surface area contributed by atoms with Crippen LogP contribution in [0.5, 0.6) is 0 Å². The molecule has 0 saturated heterocycles. The van der Waals surface area contributed by atoms with Crippen LogP contribution in [0.4, 0.5) is 0 Å². The van der Waals surface area contributed by atoms with E-state index >= 15 is 0 Å². The van der Waals surface area contributed by atoms with Crippen LogP contribution in [0.15, 0.2) is 30.5 Å². The predicted octanol–water partition coefficient (Wildman–Crippen LogP) is 0.379. The van der Waals surface area contributed by atoms with Gasteiger partial charge in [0, 0.05) is 17.1 Å². The maximum Gasteiger partial charge on any atom is 0.322 e. The molecule has 0 aliphatic rings. The maximum atomic E-state index is 12.4. The highest BCUT2D eigenvalue weighted by atomic mass is 16.4. The number of carbonyl (C=O) groups excluding carboxylic acids is 2. The number of H-pyrrole nitrogens is 1. The summed E-state index contributed by atoms with van der Waals surface area (Å²) in [6.45, 7) is 3.02. The molecule has 2 rings (SSSR count). The molecule has 0 fully saturated rings. The summed E-state index contributed by atoms with van der Waals surface area (Å²) < 4.78 is 0. The quantitative estimate of drug-likeness (QED) is 0.463. The van der Waals surface area contributed by atoms with E-state index in [4.69, 9.17) is 10.8 Å². The highest BCUT2D eigenvalue weighted by molar-refractivity contribution is 5.91. The maximum absolute atomic E-state index is 12.4. The number of benzene rings is 1. The minimum atomic E-state index is -1.15. The van der Waals surface area contributed by atoms with E-state index < -0.39 is 36.4 Å². The van der Waals surface area contributed by atoms with Gasteiger partial charge in [0.05, 0.1) is 6.04 Å². The number of nitrogens with one attached hydrogen (secondary N) is 3.